The van der Waals surface area contributed by atoms with Gasteiger partial charge < -0.3 is 15.2 Å². The lowest BCUT2D eigenvalue weighted by Crippen LogP contribution is -2.50. The van der Waals surface area contributed by atoms with Gasteiger partial charge in [0, 0.05) is 19.1 Å². The summed E-state index contributed by atoms with van der Waals surface area (Å²) < 4.78 is 28.5. The van der Waals surface area contributed by atoms with Crippen LogP contribution in [0.4, 0.5) is 5.69 Å². The Balaban J connectivity index is 2.36. The molecule has 0 spiro atoms. The predicted octanol–water partition coefficient (Wildman–Crippen LogP) is 1.30. The molecular formula is C14H17NO6S. The maximum absolute atomic E-state index is 12.3. The number of amides is 1. The molecule has 0 aliphatic heterocycles. The molecule has 1 aliphatic carbocycles. The van der Waals surface area contributed by atoms with Crippen LogP contribution < -0.4 is 5.32 Å². The Morgan fingerprint density at radius 1 is 1.27 bits per heavy atom. The van der Waals surface area contributed by atoms with Crippen molar-refractivity contribution in [3.63, 3.8) is 0 Å². The van der Waals surface area contributed by atoms with Crippen molar-refractivity contribution in [3.8, 4) is 0 Å². The van der Waals surface area contributed by atoms with Gasteiger partial charge in [0.1, 0.15) is 5.60 Å². The Bertz CT molecular complexity index is 715. The summed E-state index contributed by atoms with van der Waals surface area (Å²) in [4.78, 5) is 23.2. The summed E-state index contributed by atoms with van der Waals surface area (Å²) in [6, 6.07) is 3.52. The zero-order valence-corrected chi connectivity index (χ0v) is 13.1. The Morgan fingerprint density at radius 2 is 1.91 bits per heavy atom. The summed E-state index contributed by atoms with van der Waals surface area (Å²) in [5.74, 6) is -1.67. The van der Waals surface area contributed by atoms with E-state index in [0.717, 1.165) is 18.7 Å². The van der Waals surface area contributed by atoms with Crippen LogP contribution in [-0.4, -0.2) is 44.4 Å². The number of rotatable bonds is 5. The van der Waals surface area contributed by atoms with Crippen LogP contribution in [0.2, 0.25) is 0 Å². The molecule has 1 fully saturated rings. The van der Waals surface area contributed by atoms with E-state index in [-0.39, 0.29) is 16.1 Å². The Labute approximate surface area is 128 Å². The summed E-state index contributed by atoms with van der Waals surface area (Å²) in [6.07, 6.45) is 2.99. The number of benzene rings is 1. The fourth-order valence-corrected chi connectivity index (χ4v) is 2.96. The second-order valence-electron chi connectivity index (χ2n) is 5.33. The van der Waals surface area contributed by atoms with Crippen LogP contribution in [0.15, 0.2) is 23.1 Å². The van der Waals surface area contributed by atoms with Crippen molar-refractivity contribution >= 4 is 27.4 Å². The molecule has 1 saturated carbocycles. The van der Waals surface area contributed by atoms with Crippen LogP contribution in [0.3, 0.4) is 0 Å². The Morgan fingerprint density at radius 3 is 2.32 bits per heavy atom. The topological polar surface area (TPSA) is 110 Å². The molecule has 22 heavy (non-hydrogen) atoms. The highest BCUT2D eigenvalue weighted by Crippen LogP contribution is 2.36. The molecule has 0 atom stereocenters. The van der Waals surface area contributed by atoms with Gasteiger partial charge in [0.15, 0.2) is 9.84 Å². The third-order valence-electron chi connectivity index (χ3n) is 3.81. The van der Waals surface area contributed by atoms with Gasteiger partial charge in [0.05, 0.1) is 10.5 Å². The van der Waals surface area contributed by atoms with Crippen molar-refractivity contribution < 1.29 is 27.9 Å². The molecule has 2 N–H and O–H groups in total. The van der Waals surface area contributed by atoms with Gasteiger partial charge in [-0.2, -0.15) is 0 Å². The second kappa shape index (κ2) is 5.69. The van der Waals surface area contributed by atoms with E-state index < -0.39 is 27.3 Å². The highest BCUT2D eigenvalue weighted by molar-refractivity contribution is 7.90. The fourth-order valence-electron chi connectivity index (χ4n) is 2.28. The van der Waals surface area contributed by atoms with Crippen molar-refractivity contribution in [2.45, 2.75) is 29.8 Å². The highest BCUT2D eigenvalue weighted by Gasteiger charge is 2.44. The van der Waals surface area contributed by atoms with Crippen molar-refractivity contribution in [2.24, 2.45) is 0 Å². The van der Waals surface area contributed by atoms with Crippen LogP contribution in [-0.2, 0) is 19.4 Å². The molecule has 0 bridgehead atoms. The third-order valence-corrected chi connectivity index (χ3v) is 4.90. The molecule has 2 rings (SSSR count). The summed E-state index contributed by atoms with van der Waals surface area (Å²) in [5.41, 5.74) is -1.00. The number of aromatic carboxylic acids is 1. The molecule has 7 nitrogen and oxygen atoms in total. The van der Waals surface area contributed by atoms with E-state index in [4.69, 9.17) is 9.84 Å². The van der Waals surface area contributed by atoms with Crippen molar-refractivity contribution in [2.75, 3.05) is 18.7 Å². The minimum absolute atomic E-state index is 0.119. The molecule has 0 radical (unpaired) electrons. The average Bonchev–Trinajstić information content (AvgIpc) is 2.36. The van der Waals surface area contributed by atoms with Gasteiger partial charge in [-0.05, 0) is 37.5 Å². The first-order valence-electron chi connectivity index (χ1n) is 6.63. The molecule has 120 valence electrons. The number of methoxy groups -OCH3 is 1. The number of hydrogen-bond acceptors (Lipinski definition) is 5. The highest BCUT2D eigenvalue weighted by atomic mass is 32.2. The zero-order valence-electron chi connectivity index (χ0n) is 12.3. The summed E-state index contributed by atoms with van der Waals surface area (Å²) in [7, 11) is -2.16. The zero-order chi connectivity index (χ0) is 16.5. The van der Waals surface area contributed by atoms with Gasteiger partial charge in [-0.1, -0.05) is 0 Å². The van der Waals surface area contributed by atoms with Crippen molar-refractivity contribution in [3.05, 3.63) is 23.8 Å². The number of anilines is 1. The first-order valence-corrected chi connectivity index (χ1v) is 8.52. The van der Waals surface area contributed by atoms with E-state index in [1.54, 1.807) is 0 Å². The smallest absolute Gasteiger partial charge is 0.335 e. The van der Waals surface area contributed by atoms with Gasteiger partial charge in [0.2, 0.25) is 0 Å². The van der Waals surface area contributed by atoms with Gasteiger partial charge in [0.25, 0.3) is 5.91 Å². The molecule has 1 aliphatic rings. The number of carbonyl (C=O) groups excluding carboxylic acids is 1. The standard InChI is InChI=1S/C14H17NO6S/c1-21-14(4-3-5-14)13(18)15-10-6-9(12(16)17)7-11(8-10)22(2,19)20/h6-8H,3-5H2,1-2H3,(H,15,18)(H,16,17). The summed E-state index contributed by atoms with van der Waals surface area (Å²) in [6.45, 7) is 0. The van der Waals surface area contributed by atoms with Gasteiger partial charge in [-0.3, -0.25) is 4.79 Å². The molecule has 0 heterocycles. The van der Waals surface area contributed by atoms with Crippen LogP contribution in [0.1, 0.15) is 29.6 Å². The van der Waals surface area contributed by atoms with Crippen molar-refractivity contribution in [1.29, 1.82) is 0 Å². The third kappa shape index (κ3) is 3.12. The van der Waals surface area contributed by atoms with E-state index in [9.17, 15) is 18.0 Å². The van der Waals surface area contributed by atoms with Crippen LogP contribution in [0.25, 0.3) is 0 Å². The predicted molar refractivity (Wildman–Crippen MR) is 78.7 cm³/mol. The lowest BCUT2D eigenvalue weighted by atomic mass is 9.79. The number of carboxylic acid groups (broad SMARTS) is 1. The molecule has 1 amide bonds. The lowest BCUT2D eigenvalue weighted by Gasteiger charge is -2.38. The average molecular weight is 327 g/mol. The molecule has 0 aromatic heterocycles. The van der Waals surface area contributed by atoms with Crippen LogP contribution in [0.5, 0.6) is 0 Å². The number of carboxylic acids is 1. The number of sulfone groups is 1. The Hall–Kier alpha value is -1.93. The fraction of sp³-hybridized carbons (Fsp3) is 0.429. The Kier molecular flexibility index (Phi) is 4.25. The number of nitrogens with one attached hydrogen (secondary N) is 1. The lowest BCUT2D eigenvalue weighted by molar-refractivity contribution is -0.148. The van der Waals surface area contributed by atoms with Gasteiger partial charge in [-0.25, -0.2) is 13.2 Å². The second-order valence-corrected chi connectivity index (χ2v) is 7.35. The monoisotopic (exact) mass is 327 g/mol. The first-order chi connectivity index (χ1) is 10.2. The minimum atomic E-state index is -3.60. The van der Waals surface area contributed by atoms with E-state index in [1.807, 2.05) is 0 Å². The van der Waals surface area contributed by atoms with E-state index in [0.29, 0.717) is 12.8 Å². The van der Waals surface area contributed by atoms with Crippen molar-refractivity contribution in [1.82, 2.24) is 0 Å². The summed E-state index contributed by atoms with van der Waals surface area (Å²) >= 11 is 0. The molecule has 8 heteroatoms. The van der Waals surface area contributed by atoms with E-state index in [1.165, 1.54) is 19.2 Å². The van der Waals surface area contributed by atoms with Gasteiger partial charge in [-0.15, -0.1) is 0 Å². The number of hydrogen-bond donors (Lipinski definition) is 2. The van der Waals surface area contributed by atoms with Crippen LogP contribution in [0, 0.1) is 0 Å². The quantitative estimate of drug-likeness (QED) is 0.843. The van der Waals surface area contributed by atoms with Crippen LogP contribution >= 0.6 is 0 Å². The molecule has 1 aromatic rings. The first kappa shape index (κ1) is 16.4. The number of ether oxygens (including phenoxy) is 1. The molecule has 0 unspecified atom stereocenters. The summed E-state index contributed by atoms with van der Waals surface area (Å²) in [5, 5.41) is 11.6. The molecule has 1 aromatic carbocycles. The van der Waals surface area contributed by atoms with E-state index >= 15 is 0 Å². The molecular weight excluding hydrogens is 310 g/mol. The normalized spacial score (nSPS) is 16.6. The minimum Gasteiger partial charge on any atom is -0.478 e. The molecule has 0 saturated heterocycles. The maximum Gasteiger partial charge on any atom is 0.335 e. The number of carbonyl (C=O) groups is 2. The van der Waals surface area contributed by atoms with Gasteiger partial charge >= 0.3 is 5.97 Å². The maximum atomic E-state index is 12.3. The largest absolute Gasteiger partial charge is 0.478 e. The van der Waals surface area contributed by atoms with E-state index in [2.05, 4.69) is 5.32 Å². The SMILES string of the molecule is COC1(C(=O)Nc2cc(C(=O)O)cc(S(C)(=O)=O)c2)CCC1.